The number of hydrogen-bond donors (Lipinski definition) is 0. The molecule has 2 aromatic carbocycles. The topological polar surface area (TPSA) is 30.0 Å². The van der Waals surface area contributed by atoms with Gasteiger partial charge in [0.05, 0.1) is 5.41 Å². The Hall–Kier alpha value is -2.26. The first kappa shape index (κ1) is 17.6. The Morgan fingerprint density at radius 1 is 1.00 bits per heavy atom. The fourth-order valence-electron chi connectivity index (χ4n) is 3.55. The number of pyridine rings is 1. The molecule has 0 saturated carbocycles. The Morgan fingerprint density at radius 3 is 2.36 bits per heavy atom. The minimum absolute atomic E-state index is 0.378. The zero-order chi connectivity index (χ0) is 17.9. The van der Waals surface area contributed by atoms with Crippen LogP contribution in [0.4, 0.5) is 0 Å². The first-order valence-corrected chi connectivity index (χ1v) is 9.06. The lowest BCUT2D eigenvalue weighted by Crippen LogP contribution is -2.31. The van der Waals surface area contributed by atoms with Gasteiger partial charge in [-0.1, -0.05) is 52.3 Å². The summed E-state index contributed by atoms with van der Waals surface area (Å²) in [4.78, 5) is 16.1. The van der Waals surface area contributed by atoms with Crippen molar-refractivity contribution in [2.75, 3.05) is 0 Å². The van der Waals surface area contributed by atoms with Gasteiger partial charge in [-0.05, 0) is 60.4 Å². The summed E-state index contributed by atoms with van der Waals surface area (Å²) in [7, 11) is 0. The lowest BCUT2D eigenvalue weighted by Gasteiger charge is -2.35. The zero-order valence-corrected chi connectivity index (χ0v) is 16.0. The summed E-state index contributed by atoms with van der Waals surface area (Å²) in [6.07, 6.45) is 3.22. The van der Waals surface area contributed by atoms with Gasteiger partial charge >= 0.3 is 0 Å². The van der Waals surface area contributed by atoms with Crippen LogP contribution >= 0.6 is 15.9 Å². The van der Waals surface area contributed by atoms with Crippen LogP contribution in [0.1, 0.15) is 34.4 Å². The fourth-order valence-corrected chi connectivity index (χ4v) is 3.81. The van der Waals surface area contributed by atoms with Gasteiger partial charge in [0.2, 0.25) is 0 Å². The largest absolute Gasteiger partial charge is 0.303 e. The molecular formula is C22H20BrNO. The summed E-state index contributed by atoms with van der Waals surface area (Å²) in [5.41, 5.74) is 4.92. The number of nitrogens with zero attached hydrogens (tertiary/aromatic N) is 1. The molecule has 0 bridgehead atoms. The van der Waals surface area contributed by atoms with Crippen LogP contribution in [0, 0.1) is 13.8 Å². The first-order valence-electron chi connectivity index (χ1n) is 8.27. The van der Waals surface area contributed by atoms with Gasteiger partial charge in [0, 0.05) is 22.8 Å². The Kier molecular flexibility index (Phi) is 5.14. The van der Waals surface area contributed by atoms with Gasteiger partial charge in [0.1, 0.15) is 6.29 Å². The number of hydrogen-bond acceptors (Lipinski definition) is 2. The molecule has 0 radical (unpaired) electrons. The Bertz CT molecular complexity index is 889. The molecule has 1 heterocycles. The minimum atomic E-state index is -0.526. The predicted molar refractivity (Wildman–Crippen MR) is 105 cm³/mol. The third kappa shape index (κ3) is 3.29. The molecular weight excluding hydrogens is 374 g/mol. The molecule has 0 aliphatic heterocycles. The molecule has 2 nitrogen and oxygen atoms in total. The van der Waals surface area contributed by atoms with E-state index in [9.17, 15) is 4.79 Å². The standard InChI is InChI=1S/C22H20BrNO/c1-16-5-3-4-6-21(16)22(12-14-25,18-7-9-20(23)10-8-18)19-11-13-24-17(2)15-19/h3-11,13-15H,12H2,1-2H3. The van der Waals surface area contributed by atoms with Crippen LogP contribution in [-0.2, 0) is 10.2 Å². The smallest absolute Gasteiger partial charge is 0.121 e. The lowest BCUT2D eigenvalue weighted by molar-refractivity contribution is -0.108. The van der Waals surface area contributed by atoms with E-state index < -0.39 is 5.41 Å². The van der Waals surface area contributed by atoms with E-state index in [0.29, 0.717) is 6.42 Å². The average molecular weight is 394 g/mol. The Balaban J connectivity index is 2.38. The van der Waals surface area contributed by atoms with Crippen LogP contribution in [0.5, 0.6) is 0 Å². The SMILES string of the molecule is Cc1cc(C(CC=O)(c2ccc(Br)cc2)c2ccccc2C)ccn1. The molecule has 0 saturated heterocycles. The van der Waals surface area contributed by atoms with E-state index in [1.165, 1.54) is 5.56 Å². The molecule has 1 atom stereocenters. The van der Waals surface area contributed by atoms with Gasteiger partial charge < -0.3 is 4.79 Å². The molecule has 3 heteroatoms. The van der Waals surface area contributed by atoms with Gasteiger partial charge in [-0.2, -0.15) is 0 Å². The van der Waals surface area contributed by atoms with Crippen molar-refractivity contribution in [1.82, 2.24) is 4.98 Å². The second-order valence-corrected chi connectivity index (χ2v) is 7.20. The van der Waals surface area contributed by atoms with Crippen LogP contribution in [0.2, 0.25) is 0 Å². The monoisotopic (exact) mass is 393 g/mol. The molecule has 3 aromatic rings. The summed E-state index contributed by atoms with van der Waals surface area (Å²) in [5, 5.41) is 0. The summed E-state index contributed by atoms with van der Waals surface area (Å²) in [6, 6.07) is 20.6. The molecule has 126 valence electrons. The van der Waals surface area contributed by atoms with Crippen LogP contribution in [0.15, 0.2) is 71.3 Å². The number of carbonyl (C=O) groups is 1. The lowest BCUT2D eigenvalue weighted by atomic mass is 9.66. The molecule has 25 heavy (non-hydrogen) atoms. The van der Waals surface area contributed by atoms with E-state index in [2.05, 4.69) is 58.2 Å². The van der Waals surface area contributed by atoms with Crippen molar-refractivity contribution >= 4 is 22.2 Å². The van der Waals surface area contributed by atoms with Crippen molar-refractivity contribution in [1.29, 1.82) is 0 Å². The van der Waals surface area contributed by atoms with Crippen molar-refractivity contribution in [2.45, 2.75) is 25.7 Å². The van der Waals surface area contributed by atoms with Gasteiger partial charge in [-0.3, -0.25) is 4.98 Å². The highest BCUT2D eigenvalue weighted by Crippen LogP contribution is 2.43. The fraction of sp³-hybridized carbons (Fsp3) is 0.182. The van der Waals surface area contributed by atoms with Gasteiger partial charge in [0.15, 0.2) is 0 Å². The van der Waals surface area contributed by atoms with Gasteiger partial charge in [-0.25, -0.2) is 0 Å². The maximum Gasteiger partial charge on any atom is 0.121 e. The highest BCUT2D eigenvalue weighted by Gasteiger charge is 2.37. The molecule has 3 rings (SSSR count). The van der Waals surface area contributed by atoms with E-state index in [1.807, 2.05) is 43.5 Å². The third-order valence-corrected chi connectivity index (χ3v) is 5.25. The summed E-state index contributed by atoms with van der Waals surface area (Å²) < 4.78 is 1.02. The maximum absolute atomic E-state index is 11.8. The minimum Gasteiger partial charge on any atom is -0.303 e. The quantitative estimate of drug-likeness (QED) is 0.544. The van der Waals surface area contributed by atoms with Crippen molar-refractivity contribution in [3.8, 4) is 0 Å². The van der Waals surface area contributed by atoms with Crippen molar-refractivity contribution in [3.63, 3.8) is 0 Å². The maximum atomic E-state index is 11.8. The predicted octanol–water partition coefficient (Wildman–Crippen LogP) is 5.38. The zero-order valence-electron chi connectivity index (χ0n) is 14.4. The van der Waals surface area contributed by atoms with Crippen molar-refractivity contribution in [3.05, 3.63) is 99.3 Å². The molecule has 0 spiro atoms. The van der Waals surface area contributed by atoms with Crippen LogP contribution in [0.3, 0.4) is 0 Å². The van der Waals surface area contributed by atoms with Crippen LogP contribution < -0.4 is 0 Å². The van der Waals surface area contributed by atoms with E-state index >= 15 is 0 Å². The number of benzene rings is 2. The molecule has 0 fully saturated rings. The summed E-state index contributed by atoms with van der Waals surface area (Å²) in [6.45, 7) is 4.08. The molecule has 0 aliphatic carbocycles. The van der Waals surface area contributed by atoms with Crippen molar-refractivity contribution in [2.24, 2.45) is 0 Å². The Labute approximate surface area is 157 Å². The van der Waals surface area contributed by atoms with Gasteiger partial charge in [-0.15, -0.1) is 0 Å². The second kappa shape index (κ2) is 7.32. The van der Waals surface area contributed by atoms with E-state index in [1.54, 1.807) is 0 Å². The summed E-state index contributed by atoms with van der Waals surface area (Å²) in [5.74, 6) is 0. The molecule has 0 N–H and O–H groups in total. The average Bonchev–Trinajstić information content (AvgIpc) is 2.61. The van der Waals surface area contributed by atoms with Crippen LogP contribution in [-0.4, -0.2) is 11.3 Å². The molecule has 1 unspecified atom stereocenters. The number of aryl methyl sites for hydroxylation is 2. The molecule has 0 aliphatic rings. The number of aromatic nitrogens is 1. The van der Waals surface area contributed by atoms with E-state index in [0.717, 1.165) is 33.1 Å². The van der Waals surface area contributed by atoms with E-state index in [-0.39, 0.29) is 0 Å². The molecule has 1 aromatic heterocycles. The Morgan fingerprint density at radius 2 is 1.72 bits per heavy atom. The first-order chi connectivity index (χ1) is 12.1. The highest BCUT2D eigenvalue weighted by molar-refractivity contribution is 9.10. The number of aldehydes is 1. The molecule has 0 amide bonds. The third-order valence-electron chi connectivity index (χ3n) is 4.72. The number of halogens is 1. The number of rotatable bonds is 5. The number of carbonyl (C=O) groups excluding carboxylic acids is 1. The highest BCUT2D eigenvalue weighted by atomic mass is 79.9. The van der Waals surface area contributed by atoms with E-state index in [4.69, 9.17) is 0 Å². The van der Waals surface area contributed by atoms with Crippen molar-refractivity contribution < 1.29 is 4.79 Å². The van der Waals surface area contributed by atoms with Gasteiger partial charge in [0.25, 0.3) is 0 Å². The summed E-state index contributed by atoms with van der Waals surface area (Å²) >= 11 is 3.51. The van der Waals surface area contributed by atoms with Crippen LogP contribution in [0.25, 0.3) is 0 Å². The second-order valence-electron chi connectivity index (χ2n) is 6.28. The normalized spacial score (nSPS) is 13.2.